The number of nitrogens with zero attached hydrogens (tertiary/aromatic N) is 1. The number of ether oxygens (including phenoxy) is 3. The van der Waals surface area contributed by atoms with Crippen LogP contribution in [0.1, 0.15) is 51.3 Å². The van der Waals surface area contributed by atoms with Crippen molar-refractivity contribution >= 4 is 5.91 Å². The van der Waals surface area contributed by atoms with E-state index in [1.807, 2.05) is 36.4 Å². The number of amides is 1. The summed E-state index contributed by atoms with van der Waals surface area (Å²) >= 11 is 0. The maximum absolute atomic E-state index is 13.4. The number of fused-ring (bicyclic) bond motifs is 2. The fourth-order valence-corrected chi connectivity index (χ4v) is 4.81. The van der Waals surface area contributed by atoms with Crippen LogP contribution in [0.3, 0.4) is 0 Å². The second-order valence-corrected chi connectivity index (χ2v) is 8.41. The third-order valence-electron chi connectivity index (χ3n) is 6.42. The highest BCUT2D eigenvalue weighted by Gasteiger charge is 2.26. The summed E-state index contributed by atoms with van der Waals surface area (Å²) in [6.45, 7) is 3.42. The second-order valence-electron chi connectivity index (χ2n) is 8.41. The number of hydrogen-bond donors (Lipinski definition) is 1. The molecule has 1 aromatic heterocycles. The van der Waals surface area contributed by atoms with Crippen molar-refractivity contribution in [1.29, 1.82) is 0 Å². The normalized spacial score (nSPS) is 14.2. The third-order valence-corrected chi connectivity index (χ3v) is 6.42. The standard InChI is InChI=1S/C26H28N2O4/c1-17-21-8-3-4-9-22(21)28(15-19-6-5-7-20(12-19)30-2)25(17)26(29)27-14-18-10-11-23-24(13-18)32-16-31-23/h5-7,10-13H,3-4,8-9,14-16H2,1-2H3,(H,27,29). The van der Waals surface area contributed by atoms with E-state index in [2.05, 4.69) is 22.9 Å². The Kier molecular flexibility index (Phi) is 5.52. The summed E-state index contributed by atoms with van der Waals surface area (Å²) in [4.78, 5) is 13.4. The van der Waals surface area contributed by atoms with Gasteiger partial charge in [-0.05, 0) is 79.1 Å². The molecule has 0 spiro atoms. The molecule has 0 bridgehead atoms. The minimum absolute atomic E-state index is 0.0440. The number of carbonyl (C=O) groups excluding carboxylic acids is 1. The molecule has 1 N–H and O–H groups in total. The molecule has 0 atom stereocenters. The smallest absolute Gasteiger partial charge is 0.268 e. The Morgan fingerprint density at radius 1 is 1.06 bits per heavy atom. The lowest BCUT2D eigenvalue weighted by Gasteiger charge is -2.17. The van der Waals surface area contributed by atoms with Crippen molar-refractivity contribution in [3.63, 3.8) is 0 Å². The molecule has 32 heavy (non-hydrogen) atoms. The van der Waals surface area contributed by atoms with Crippen LogP contribution in [0.2, 0.25) is 0 Å². The van der Waals surface area contributed by atoms with Crippen molar-refractivity contribution in [3.05, 3.63) is 76.1 Å². The molecule has 0 fully saturated rings. The molecular weight excluding hydrogens is 404 g/mol. The maximum Gasteiger partial charge on any atom is 0.268 e. The predicted molar refractivity (Wildman–Crippen MR) is 122 cm³/mol. The quantitative estimate of drug-likeness (QED) is 0.628. The van der Waals surface area contributed by atoms with Gasteiger partial charge >= 0.3 is 0 Å². The largest absolute Gasteiger partial charge is 0.497 e. The Morgan fingerprint density at radius 2 is 1.91 bits per heavy atom. The number of benzene rings is 2. The molecule has 5 rings (SSSR count). The van der Waals surface area contributed by atoms with Crippen LogP contribution in [0, 0.1) is 6.92 Å². The molecule has 2 aliphatic rings. The molecule has 1 aliphatic carbocycles. The minimum atomic E-state index is -0.0440. The van der Waals surface area contributed by atoms with Crippen LogP contribution >= 0.6 is 0 Å². The van der Waals surface area contributed by atoms with Gasteiger partial charge in [-0.1, -0.05) is 18.2 Å². The van der Waals surface area contributed by atoms with E-state index < -0.39 is 0 Å². The van der Waals surface area contributed by atoms with Gasteiger partial charge in [0.2, 0.25) is 6.79 Å². The number of aromatic nitrogens is 1. The molecule has 0 unspecified atom stereocenters. The Morgan fingerprint density at radius 3 is 2.78 bits per heavy atom. The molecular formula is C26H28N2O4. The van der Waals surface area contributed by atoms with E-state index in [0.29, 0.717) is 13.1 Å². The van der Waals surface area contributed by atoms with E-state index in [4.69, 9.17) is 14.2 Å². The summed E-state index contributed by atoms with van der Waals surface area (Å²) in [7, 11) is 1.68. The van der Waals surface area contributed by atoms with E-state index >= 15 is 0 Å². The Bertz CT molecular complexity index is 1160. The summed E-state index contributed by atoms with van der Waals surface area (Å²) < 4.78 is 18.5. The molecule has 166 valence electrons. The van der Waals surface area contributed by atoms with Crippen LogP contribution in [0.5, 0.6) is 17.2 Å². The van der Waals surface area contributed by atoms with E-state index in [9.17, 15) is 4.79 Å². The van der Waals surface area contributed by atoms with Gasteiger partial charge in [-0.25, -0.2) is 0 Å². The van der Waals surface area contributed by atoms with Gasteiger partial charge in [0, 0.05) is 18.8 Å². The van der Waals surface area contributed by atoms with Crippen LogP contribution in [0.4, 0.5) is 0 Å². The average molecular weight is 433 g/mol. The Balaban J connectivity index is 1.43. The zero-order valence-electron chi connectivity index (χ0n) is 18.6. The summed E-state index contributed by atoms with van der Waals surface area (Å²) in [5, 5.41) is 3.12. The first-order valence-corrected chi connectivity index (χ1v) is 11.1. The molecule has 1 aliphatic heterocycles. The van der Waals surface area contributed by atoms with Crippen LogP contribution in [0.15, 0.2) is 42.5 Å². The van der Waals surface area contributed by atoms with Crippen molar-refractivity contribution in [3.8, 4) is 17.2 Å². The fourth-order valence-electron chi connectivity index (χ4n) is 4.81. The van der Waals surface area contributed by atoms with Gasteiger partial charge in [0.25, 0.3) is 5.91 Å². The van der Waals surface area contributed by atoms with E-state index in [1.54, 1.807) is 7.11 Å². The molecule has 6 heteroatoms. The van der Waals surface area contributed by atoms with Crippen LogP contribution < -0.4 is 19.5 Å². The molecule has 1 amide bonds. The van der Waals surface area contributed by atoms with Crippen molar-refractivity contribution in [2.45, 2.75) is 45.7 Å². The summed E-state index contributed by atoms with van der Waals surface area (Å²) in [5.74, 6) is 2.26. The molecule has 2 aromatic carbocycles. The average Bonchev–Trinajstić information content (AvgIpc) is 3.40. The maximum atomic E-state index is 13.4. The first-order chi connectivity index (χ1) is 15.6. The van der Waals surface area contributed by atoms with E-state index in [-0.39, 0.29) is 12.7 Å². The lowest BCUT2D eigenvalue weighted by molar-refractivity contribution is 0.0941. The molecule has 0 radical (unpaired) electrons. The zero-order valence-corrected chi connectivity index (χ0v) is 18.6. The summed E-state index contributed by atoms with van der Waals surface area (Å²) in [6.07, 6.45) is 4.38. The van der Waals surface area contributed by atoms with E-state index in [0.717, 1.165) is 58.9 Å². The number of nitrogens with one attached hydrogen (secondary N) is 1. The lowest BCUT2D eigenvalue weighted by atomic mass is 9.95. The number of hydrogen-bond acceptors (Lipinski definition) is 4. The number of carbonyl (C=O) groups is 1. The monoisotopic (exact) mass is 432 g/mol. The van der Waals surface area contributed by atoms with Gasteiger partial charge in [-0.2, -0.15) is 0 Å². The Labute approximate surface area is 188 Å². The topological polar surface area (TPSA) is 61.7 Å². The zero-order chi connectivity index (χ0) is 22.1. The van der Waals surface area contributed by atoms with Gasteiger partial charge in [-0.3, -0.25) is 4.79 Å². The molecule has 3 aromatic rings. The van der Waals surface area contributed by atoms with Crippen LogP contribution in [-0.2, 0) is 25.9 Å². The van der Waals surface area contributed by atoms with Crippen molar-refractivity contribution < 1.29 is 19.0 Å². The van der Waals surface area contributed by atoms with Crippen molar-refractivity contribution in [2.24, 2.45) is 0 Å². The first-order valence-electron chi connectivity index (χ1n) is 11.1. The second kappa shape index (κ2) is 8.61. The highest BCUT2D eigenvalue weighted by molar-refractivity contribution is 5.95. The highest BCUT2D eigenvalue weighted by atomic mass is 16.7. The molecule has 0 saturated heterocycles. The highest BCUT2D eigenvalue weighted by Crippen LogP contribution is 2.33. The third kappa shape index (κ3) is 3.81. The van der Waals surface area contributed by atoms with Gasteiger partial charge in [0.05, 0.1) is 7.11 Å². The summed E-state index contributed by atoms with van der Waals surface area (Å²) in [6, 6.07) is 13.8. The van der Waals surface area contributed by atoms with E-state index in [1.165, 1.54) is 17.7 Å². The van der Waals surface area contributed by atoms with Crippen molar-refractivity contribution in [2.75, 3.05) is 13.9 Å². The van der Waals surface area contributed by atoms with Gasteiger partial charge in [0.15, 0.2) is 11.5 Å². The first kappa shape index (κ1) is 20.5. The van der Waals surface area contributed by atoms with Crippen LogP contribution in [0.25, 0.3) is 0 Å². The van der Waals surface area contributed by atoms with Gasteiger partial charge in [0.1, 0.15) is 11.4 Å². The number of rotatable bonds is 6. The number of methoxy groups -OCH3 is 1. The van der Waals surface area contributed by atoms with Crippen molar-refractivity contribution in [1.82, 2.24) is 9.88 Å². The molecule has 0 saturated carbocycles. The molecule has 6 nitrogen and oxygen atoms in total. The lowest BCUT2D eigenvalue weighted by Crippen LogP contribution is -2.27. The summed E-state index contributed by atoms with van der Waals surface area (Å²) in [5.41, 5.74) is 6.61. The van der Waals surface area contributed by atoms with Gasteiger partial charge < -0.3 is 24.1 Å². The van der Waals surface area contributed by atoms with Gasteiger partial charge in [-0.15, -0.1) is 0 Å². The SMILES string of the molecule is COc1cccc(Cn2c3c(c(C)c2C(=O)NCc2ccc4c(c2)OCO4)CCCC3)c1. The minimum Gasteiger partial charge on any atom is -0.497 e. The Hall–Kier alpha value is -3.41. The molecule has 2 heterocycles. The van der Waals surface area contributed by atoms with Crippen LogP contribution in [-0.4, -0.2) is 24.4 Å². The predicted octanol–water partition coefficient (Wildman–Crippen LogP) is 4.39. The fraction of sp³-hybridized carbons (Fsp3) is 0.346.